The number of rotatable bonds is 2. The number of benzene rings is 2. The first-order valence-corrected chi connectivity index (χ1v) is 5.31. The van der Waals surface area contributed by atoms with E-state index < -0.39 is 0 Å². The minimum atomic E-state index is 0.783. The highest BCUT2D eigenvalue weighted by Crippen LogP contribution is 2.18. The predicted molar refractivity (Wildman–Crippen MR) is 61.4 cm³/mol. The molecule has 0 aromatic heterocycles. The number of anilines is 1. The maximum absolute atomic E-state index is 3.34. The molecule has 0 aliphatic carbocycles. The Bertz CT molecular complexity index is 412. The van der Waals surface area contributed by atoms with Gasteiger partial charge in [0.2, 0.25) is 0 Å². The van der Waals surface area contributed by atoms with E-state index in [4.69, 9.17) is 0 Å². The van der Waals surface area contributed by atoms with Crippen LogP contribution in [0.25, 0.3) is 10.8 Å². The van der Waals surface area contributed by atoms with Gasteiger partial charge < -0.3 is 5.32 Å². The van der Waals surface area contributed by atoms with Gasteiger partial charge in [-0.2, -0.15) is 0 Å². The highest BCUT2D eigenvalue weighted by Gasteiger charge is 1.93. The summed E-state index contributed by atoms with van der Waals surface area (Å²) in [6, 6.07) is 14.7. The molecule has 0 saturated heterocycles. The Labute approximate surface area is 85.9 Å². The molecule has 0 spiro atoms. The summed E-state index contributed by atoms with van der Waals surface area (Å²) in [6.45, 7) is 0. The van der Waals surface area contributed by atoms with E-state index in [0.29, 0.717) is 0 Å². The maximum Gasteiger partial charge on any atom is 0.0707 e. The predicted octanol–water partition coefficient (Wildman–Crippen LogP) is 3.60. The Morgan fingerprint density at radius 2 is 1.77 bits per heavy atom. The third kappa shape index (κ3) is 1.83. The average Bonchev–Trinajstić information content (AvgIpc) is 2.18. The molecule has 0 bridgehead atoms. The zero-order chi connectivity index (χ0) is 9.10. The molecule has 0 aliphatic rings. The van der Waals surface area contributed by atoms with Crippen LogP contribution < -0.4 is 5.32 Å². The molecule has 2 aromatic rings. The highest BCUT2D eigenvalue weighted by atomic mass is 79.9. The molecular formula is C11H10BrN. The molecule has 0 heterocycles. The van der Waals surface area contributed by atoms with Crippen molar-refractivity contribution in [3.8, 4) is 0 Å². The molecule has 0 aliphatic heterocycles. The lowest BCUT2D eigenvalue weighted by atomic mass is 10.1. The zero-order valence-electron chi connectivity index (χ0n) is 7.13. The molecule has 66 valence electrons. The Balaban J connectivity index is 2.49. The molecule has 2 heteroatoms. The van der Waals surface area contributed by atoms with E-state index in [1.54, 1.807) is 0 Å². The molecule has 0 fully saturated rings. The summed E-state index contributed by atoms with van der Waals surface area (Å²) in [6.07, 6.45) is 0. The van der Waals surface area contributed by atoms with Crippen molar-refractivity contribution in [2.75, 3.05) is 10.8 Å². The van der Waals surface area contributed by atoms with E-state index in [1.807, 2.05) is 0 Å². The van der Waals surface area contributed by atoms with Gasteiger partial charge in [-0.25, -0.2) is 0 Å². The molecule has 13 heavy (non-hydrogen) atoms. The first-order valence-electron chi connectivity index (χ1n) is 4.19. The zero-order valence-corrected chi connectivity index (χ0v) is 8.71. The molecule has 0 atom stereocenters. The third-order valence-electron chi connectivity index (χ3n) is 2.02. The highest BCUT2D eigenvalue weighted by molar-refractivity contribution is 9.09. The molecule has 0 saturated carbocycles. The van der Waals surface area contributed by atoms with Gasteiger partial charge in [0.15, 0.2) is 0 Å². The lowest BCUT2D eigenvalue weighted by Crippen LogP contribution is -1.92. The van der Waals surface area contributed by atoms with Crippen molar-refractivity contribution in [1.82, 2.24) is 0 Å². The Kier molecular flexibility index (Phi) is 2.50. The maximum atomic E-state index is 3.34. The summed E-state index contributed by atoms with van der Waals surface area (Å²) in [5.41, 5.74) is 1.93. The second kappa shape index (κ2) is 3.79. The van der Waals surface area contributed by atoms with Crippen molar-refractivity contribution >= 4 is 32.4 Å². The second-order valence-corrected chi connectivity index (χ2v) is 3.43. The van der Waals surface area contributed by atoms with E-state index in [0.717, 1.165) is 11.1 Å². The SMILES string of the molecule is BrCNc1ccc2ccccc2c1. The van der Waals surface area contributed by atoms with Gasteiger partial charge in [0.25, 0.3) is 0 Å². The van der Waals surface area contributed by atoms with Crippen molar-refractivity contribution in [2.24, 2.45) is 0 Å². The fraction of sp³-hybridized carbons (Fsp3) is 0.0909. The largest absolute Gasteiger partial charge is 0.375 e. The van der Waals surface area contributed by atoms with Crippen LogP contribution in [0.2, 0.25) is 0 Å². The van der Waals surface area contributed by atoms with E-state index in [9.17, 15) is 0 Å². The van der Waals surface area contributed by atoms with Gasteiger partial charge in [-0.3, -0.25) is 0 Å². The van der Waals surface area contributed by atoms with Crippen molar-refractivity contribution < 1.29 is 0 Å². The Morgan fingerprint density at radius 1 is 1.00 bits per heavy atom. The van der Waals surface area contributed by atoms with Crippen LogP contribution in [-0.4, -0.2) is 5.45 Å². The van der Waals surface area contributed by atoms with Crippen molar-refractivity contribution in [1.29, 1.82) is 0 Å². The summed E-state index contributed by atoms with van der Waals surface area (Å²) in [5.74, 6) is 0. The van der Waals surface area contributed by atoms with Crippen LogP contribution in [0.5, 0.6) is 0 Å². The van der Waals surface area contributed by atoms with E-state index >= 15 is 0 Å². The first-order chi connectivity index (χ1) is 6.40. The summed E-state index contributed by atoms with van der Waals surface area (Å²) in [4.78, 5) is 0. The number of hydrogen-bond acceptors (Lipinski definition) is 1. The summed E-state index contributed by atoms with van der Waals surface area (Å²) >= 11 is 3.34. The smallest absolute Gasteiger partial charge is 0.0707 e. The Morgan fingerprint density at radius 3 is 2.54 bits per heavy atom. The fourth-order valence-corrected chi connectivity index (χ4v) is 1.70. The standard InChI is InChI=1S/C11H10BrN/c12-8-13-11-6-5-9-3-1-2-4-10(9)7-11/h1-7,13H,8H2. The minimum Gasteiger partial charge on any atom is -0.375 e. The van der Waals surface area contributed by atoms with Gasteiger partial charge in [-0.1, -0.05) is 46.3 Å². The quantitative estimate of drug-likeness (QED) is 0.620. The molecule has 2 rings (SSSR count). The average molecular weight is 236 g/mol. The van der Waals surface area contributed by atoms with Gasteiger partial charge >= 0.3 is 0 Å². The molecule has 1 nitrogen and oxygen atoms in total. The van der Waals surface area contributed by atoms with Crippen LogP contribution in [0.15, 0.2) is 42.5 Å². The normalized spacial score (nSPS) is 10.2. The summed E-state index contributed by atoms with van der Waals surface area (Å²) in [7, 11) is 0. The van der Waals surface area contributed by atoms with Gasteiger partial charge in [-0.05, 0) is 22.9 Å². The van der Waals surface area contributed by atoms with Crippen molar-refractivity contribution in [2.45, 2.75) is 0 Å². The fourth-order valence-electron chi connectivity index (χ4n) is 1.38. The number of halogens is 1. The second-order valence-electron chi connectivity index (χ2n) is 2.87. The minimum absolute atomic E-state index is 0.783. The first kappa shape index (κ1) is 8.57. The van der Waals surface area contributed by atoms with Crippen LogP contribution in [-0.2, 0) is 0 Å². The molecule has 0 unspecified atom stereocenters. The van der Waals surface area contributed by atoms with E-state index in [-0.39, 0.29) is 0 Å². The topological polar surface area (TPSA) is 12.0 Å². The van der Waals surface area contributed by atoms with E-state index in [1.165, 1.54) is 10.8 Å². The third-order valence-corrected chi connectivity index (χ3v) is 2.30. The lowest BCUT2D eigenvalue weighted by molar-refractivity contribution is 1.49. The molecule has 0 radical (unpaired) electrons. The van der Waals surface area contributed by atoms with Gasteiger partial charge in [-0.15, -0.1) is 0 Å². The number of nitrogens with one attached hydrogen (secondary N) is 1. The number of fused-ring (bicyclic) bond motifs is 1. The van der Waals surface area contributed by atoms with Gasteiger partial charge in [0, 0.05) is 5.69 Å². The summed E-state index contributed by atoms with van der Waals surface area (Å²) in [5, 5.41) is 5.77. The number of alkyl halides is 1. The molecule has 2 aromatic carbocycles. The van der Waals surface area contributed by atoms with Gasteiger partial charge in [0.05, 0.1) is 5.45 Å². The molecular weight excluding hydrogens is 226 g/mol. The summed E-state index contributed by atoms with van der Waals surface area (Å²) < 4.78 is 0. The molecule has 0 amide bonds. The lowest BCUT2D eigenvalue weighted by Gasteiger charge is -2.03. The van der Waals surface area contributed by atoms with Crippen molar-refractivity contribution in [3.05, 3.63) is 42.5 Å². The molecule has 1 N–H and O–H groups in total. The van der Waals surface area contributed by atoms with Crippen molar-refractivity contribution in [3.63, 3.8) is 0 Å². The van der Waals surface area contributed by atoms with Gasteiger partial charge in [0.1, 0.15) is 0 Å². The van der Waals surface area contributed by atoms with Crippen LogP contribution in [0.4, 0.5) is 5.69 Å². The van der Waals surface area contributed by atoms with Crippen LogP contribution >= 0.6 is 15.9 Å². The number of hydrogen-bond donors (Lipinski definition) is 1. The van der Waals surface area contributed by atoms with E-state index in [2.05, 4.69) is 63.7 Å². The monoisotopic (exact) mass is 235 g/mol. The van der Waals surface area contributed by atoms with Crippen LogP contribution in [0.1, 0.15) is 0 Å². The van der Waals surface area contributed by atoms with Crippen LogP contribution in [0, 0.1) is 0 Å². The van der Waals surface area contributed by atoms with Crippen LogP contribution in [0.3, 0.4) is 0 Å². The Hall–Kier alpha value is -1.02.